The molecule has 0 saturated carbocycles. The Kier molecular flexibility index (Phi) is 5.33. The molecule has 2 rings (SSSR count). The van der Waals surface area contributed by atoms with Crippen LogP contribution in [0.5, 0.6) is 0 Å². The molecule has 1 N–H and O–H groups in total. The van der Waals surface area contributed by atoms with Crippen molar-refractivity contribution in [2.75, 3.05) is 6.26 Å². The van der Waals surface area contributed by atoms with E-state index < -0.39 is 33.4 Å². The Balaban J connectivity index is 2.09. The van der Waals surface area contributed by atoms with E-state index >= 15 is 0 Å². The normalized spacial score (nSPS) is 12.7. The first-order chi connectivity index (χ1) is 11.2. The number of rotatable bonds is 5. The minimum atomic E-state index is -3.15. The molecule has 0 aliphatic heterocycles. The van der Waals surface area contributed by atoms with Crippen LogP contribution in [0, 0.1) is 11.6 Å². The minimum Gasteiger partial charge on any atom is -0.345 e. The van der Waals surface area contributed by atoms with Crippen molar-refractivity contribution in [3.05, 3.63) is 70.8 Å². The third-order valence-corrected chi connectivity index (χ3v) is 4.28. The molecule has 1 amide bonds. The van der Waals surface area contributed by atoms with Crippen molar-refractivity contribution < 1.29 is 22.0 Å². The molecule has 1 atom stereocenters. The Morgan fingerprint density at radius 2 is 1.75 bits per heavy atom. The van der Waals surface area contributed by atoms with E-state index in [1.54, 1.807) is 19.1 Å². The van der Waals surface area contributed by atoms with Crippen LogP contribution in [0.2, 0.25) is 0 Å². The second-order valence-electron chi connectivity index (χ2n) is 5.63. The fourth-order valence-electron chi connectivity index (χ4n) is 2.27. The van der Waals surface area contributed by atoms with Gasteiger partial charge < -0.3 is 5.32 Å². The maximum absolute atomic E-state index is 13.7. The van der Waals surface area contributed by atoms with E-state index in [0.717, 1.165) is 18.4 Å². The van der Waals surface area contributed by atoms with Crippen molar-refractivity contribution in [3.8, 4) is 0 Å². The number of sulfone groups is 1. The van der Waals surface area contributed by atoms with Gasteiger partial charge in [0.1, 0.15) is 11.6 Å². The third kappa shape index (κ3) is 4.86. The first-order valence-corrected chi connectivity index (χ1v) is 9.24. The molecular weight excluding hydrogens is 336 g/mol. The van der Waals surface area contributed by atoms with Crippen LogP contribution in [0.25, 0.3) is 0 Å². The Hall–Kier alpha value is -2.28. The largest absolute Gasteiger partial charge is 0.345 e. The lowest BCUT2D eigenvalue weighted by atomic mass is 10.1. The van der Waals surface area contributed by atoms with Gasteiger partial charge in [0, 0.05) is 23.4 Å². The Bertz CT molecular complexity index is 849. The van der Waals surface area contributed by atoms with E-state index in [2.05, 4.69) is 5.32 Å². The van der Waals surface area contributed by atoms with Crippen LogP contribution in [0.1, 0.15) is 34.5 Å². The van der Waals surface area contributed by atoms with Crippen LogP contribution in [0.15, 0.2) is 42.5 Å². The first kappa shape index (κ1) is 18.1. The lowest BCUT2D eigenvalue weighted by molar-refractivity contribution is 0.0939. The van der Waals surface area contributed by atoms with E-state index in [-0.39, 0.29) is 11.3 Å². The van der Waals surface area contributed by atoms with E-state index in [1.165, 1.54) is 18.2 Å². The van der Waals surface area contributed by atoms with E-state index in [1.807, 2.05) is 0 Å². The fraction of sp³-hybridized carbons (Fsp3) is 0.235. The molecule has 0 radical (unpaired) electrons. The second-order valence-corrected chi connectivity index (χ2v) is 7.77. The van der Waals surface area contributed by atoms with Gasteiger partial charge >= 0.3 is 0 Å². The molecule has 0 aromatic heterocycles. The van der Waals surface area contributed by atoms with Gasteiger partial charge in [-0.25, -0.2) is 17.2 Å². The van der Waals surface area contributed by atoms with Crippen LogP contribution >= 0.6 is 0 Å². The monoisotopic (exact) mass is 353 g/mol. The summed E-state index contributed by atoms with van der Waals surface area (Å²) in [5, 5.41) is 2.62. The van der Waals surface area contributed by atoms with Gasteiger partial charge in [0.25, 0.3) is 5.91 Å². The highest BCUT2D eigenvalue weighted by molar-refractivity contribution is 7.89. The molecule has 0 spiro atoms. The maximum atomic E-state index is 13.7. The number of carbonyl (C=O) groups is 1. The summed E-state index contributed by atoms with van der Waals surface area (Å²) in [6, 6.07) is 8.64. The maximum Gasteiger partial charge on any atom is 0.251 e. The van der Waals surface area contributed by atoms with Crippen molar-refractivity contribution in [3.63, 3.8) is 0 Å². The molecule has 0 bridgehead atoms. The van der Waals surface area contributed by atoms with Crippen LogP contribution < -0.4 is 5.32 Å². The van der Waals surface area contributed by atoms with Gasteiger partial charge in [-0.15, -0.1) is 0 Å². The highest BCUT2D eigenvalue weighted by atomic mass is 32.2. The van der Waals surface area contributed by atoms with Crippen molar-refractivity contribution >= 4 is 15.7 Å². The highest BCUT2D eigenvalue weighted by Gasteiger charge is 2.15. The summed E-state index contributed by atoms with van der Waals surface area (Å²) in [5.74, 6) is -1.95. The smallest absolute Gasteiger partial charge is 0.251 e. The van der Waals surface area contributed by atoms with E-state index in [9.17, 15) is 22.0 Å². The van der Waals surface area contributed by atoms with Crippen LogP contribution in [0.3, 0.4) is 0 Å². The molecular formula is C17H17F2NO3S. The number of halogens is 2. The summed E-state index contributed by atoms with van der Waals surface area (Å²) in [4.78, 5) is 12.2. The lowest BCUT2D eigenvalue weighted by Crippen LogP contribution is -2.27. The molecule has 0 fully saturated rings. The molecule has 7 heteroatoms. The quantitative estimate of drug-likeness (QED) is 0.899. The highest BCUT2D eigenvalue weighted by Crippen LogP contribution is 2.18. The van der Waals surface area contributed by atoms with Crippen molar-refractivity contribution in [1.29, 1.82) is 0 Å². The second kappa shape index (κ2) is 7.09. The molecule has 2 aromatic rings. The average molecular weight is 353 g/mol. The molecule has 0 aliphatic rings. The van der Waals surface area contributed by atoms with Gasteiger partial charge in [-0.2, -0.15) is 0 Å². The summed E-state index contributed by atoms with van der Waals surface area (Å²) in [7, 11) is -3.15. The summed E-state index contributed by atoms with van der Waals surface area (Å²) >= 11 is 0. The number of amides is 1. The van der Waals surface area contributed by atoms with Gasteiger partial charge in [-0.3, -0.25) is 4.79 Å². The van der Waals surface area contributed by atoms with E-state index in [4.69, 9.17) is 0 Å². The molecule has 24 heavy (non-hydrogen) atoms. The zero-order chi connectivity index (χ0) is 17.9. The molecule has 2 aromatic carbocycles. The van der Waals surface area contributed by atoms with Crippen molar-refractivity contribution in [2.24, 2.45) is 0 Å². The summed E-state index contributed by atoms with van der Waals surface area (Å²) in [5.41, 5.74) is 1.08. The summed E-state index contributed by atoms with van der Waals surface area (Å²) in [6.07, 6.45) is 1.13. The molecule has 0 heterocycles. The predicted octanol–water partition coefficient (Wildman–Crippen LogP) is 3.00. The zero-order valence-electron chi connectivity index (χ0n) is 13.2. The molecule has 0 aliphatic carbocycles. The topological polar surface area (TPSA) is 63.2 Å². The Morgan fingerprint density at radius 1 is 1.12 bits per heavy atom. The standard InChI is InChI=1S/C17H17F2NO3S/c1-11(15-8-7-14(18)9-16(15)19)20-17(21)13-5-3-12(4-6-13)10-24(2,22)23/h3-9,11H,10H2,1-2H3,(H,20,21)/t11-/m1/s1. The third-order valence-electron chi connectivity index (χ3n) is 3.42. The molecule has 0 saturated heterocycles. The zero-order valence-corrected chi connectivity index (χ0v) is 14.0. The average Bonchev–Trinajstić information content (AvgIpc) is 2.45. The fourth-order valence-corrected chi connectivity index (χ4v) is 3.06. The van der Waals surface area contributed by atoms with Crippen LogP contribution in [-0.2, 0) is 15.6 Å². The molecule has 4 nitrogen and oxygen atoms in total. The number of carbonyl (C=O) groups excluding carboxylic acids is 1. The number of hydrogen-bond donors (Lipinski definition) is 1. The summed E-state index contributed by atoms with van der Waals surface area (Å²) in [6.45, 7) is 1.59. The number of benzene rings is 2. The van der Waals surface area contributed by atoms with E-state index in [0.29, 0.717) is 11.1 Å². The van der Waals surface area contributed by atoms with Crippen LogP contribution in [0.4, 0.5) is 8.78 Å². The Labute approximate surface area is 139 Å². The predicted molar refractivity (Wildman–Crippen MR) is 87.2 cm³/mol. The minimum absolute atomic E-state index is 0.105. The van der Waals surface area contributed by atoms with Crippen molar-refractivity contribution in [2.45, 2.75) is 18.7 Å². The number of hydrogen-bond acceptors (Lipinski definition) is 3. The molecule has 128 valence electrons. The van der Waals surface area contributed by atoms with Gasteiger partial charge in [0.05, 0.1) is 11.8 Å². The SMILES string of the molecule is C[C@@H](NC(=O)c1ccc(CS(C)(=O)=O)cc1)c1ccc(F)cc1F. The van der Waals surface area contributed by atoms with Crippen LogP contribution in [-0.4, -0.2) is 20.6 Å². The first-order valence-electron chi connectivity index (χ1n) is 7.18. The van der Waals surface area contributed by atoms with Gasteiger partial charge in [-0.1, -0.05) is 18.2 Å². The molecule has 0 unspecified atom stereocenters. The van der Waals surface area contributed by atoms with Crippen molar-refractivity contribution in [1.82, 2.24) is 5.32 Å². The Morgan fingerprint density at radius 3 is 2.29 bits per heavy atom. The van der Waals surface area contributed by atoms with Gasteiger partial charge in [-0.05, 0) is 30.7 Å². The number of nitrogens with one attached hydrogen (secondary N) is 1. The van der Waals surface area contributed by atoms with Gasteiger partial charge in [0.2, 0.25) is 0 Å². The summed E-state index contributed by atoms with van der Waals surface area (Å²) < 4.78 is 49.1. The van der Waals surface area contributed by atoms with Gasteiger partial charge in [0.15, 0.2) is 9.84 Å². The lowest BCUT2D eigenvalue weighted by Gasteiger charge is -2.15.